The first-order valence-corrected chi connectivity index (χ1v) is 13.3. The van der Waals surface area contributed by atoms with Gasteiger partial charge in [-0.05, 0) is 55.6 Å². The highest BCUT2D eigenvalue weighted by atomic mass is 32.2. The zero-order valence-corrected chi connectivity index (χ0v) is 20.0. The average Bonchev–Trinajstić information content (AvgIpc) is 3.09. The van der Waals surface area contributed by atoms with Crippen LogP contribution in [0.3, 0.4) is 0 Å². The minimum absolute atomic E-state index is 0.0574. The first-order valence-electron chi connectivity index (χ1n) is 9.57. The summed E-state index contributed by atoms with van der Waals surface area (Å²) in [5.41, 5.74) is 0.937. The van der Waals surface area contributed by atoms with E-state index in [0.29, 0.717) is 30.3 Å². The fourth-order valence-corrected chi connectivity index (χ4v) is 5.68. The van der Waals surface area contributed by atoms with Gasteiger partial charge in [0.05, 0.1) is 28.8 Å². The zero-order chi connectivity index (χ0) is 22.4. The summed E-state index contributed by atoms with van der Waals surface area (Å²) >= 11 is 2.99. The maximum atomic E-state index is 12.6. The van der Waals surface area contributed by atoms with E-state index in [2.05, 4.69) is 4.99 Å². The maximum absolute atomic E-state index is 12.6. The quantitative estimate of drug-likeness (QED) is 0.345. The molecule has 0 radical (unpaired) electrons. The number of carbonyl (C=O) groups excluding carboxylic acids is 1. The lowest BCUT2D eigenvalue weighted by Gasteiger charge is -2.06. The predicted octanol–water partition coefficient (Wildman–Crippen LogP) is 3.37. The van der Waals surface area contributed by atoms with Crippen LogP contribution in [0, 0.1) is 0 Å². The van der Waals surface area contributed by atoms with E-state index in [1.165, 1.54) is 30.6 Å². The molecule has 1 amide bonds. The minimum atomic E-state index is -3.81. The van der Waals surface area contributed by atoms with Crippen LogP contribution in [-0.2, 0) is 25.9 Å². The van der Waals surface area contributed by atoms with Gasteiger partial charge in [0.15, 0.2) is 14.6 Å². The molecule has 10 heteroatoms. The summed E-state index contributed by atoms with van der Waals surface area (Å²) in [6, 6.07) is 12.0. The van der Waals surface area contributed by atoms with Crippen molar-refractivity contribution in [3.8, 4) is 5.75 Å². The van der Waals surface area contributed by atoms with Gasteiger partial charge in [0.1, 0.15) is 11.5 Å². The van der Waals surface area contributed by atoms with E-state index in [0.717, 1.165) is 15.1 Å². The number of thioether (sulfide) groups is 1. The smallest absolute Gasteiger partial charge is 0.263 e. The summed E-state index contributed by atoms with van der Waals surface area (Å²) in [5, 5.41) is 0. The second-order valence-electron chi connectivity index (χ2n) is 6.51. The molecule has 0 bridgehead atoms. The Morgan fingerprint density at radius 2 is 1.94 bits per heavy atom. The Labute approximate surface area is 189 Å². The summed E-state index contributed by atoms with van der Waals surface area (Å²) in [6.07, 6.45) is 2.00. The molecule has 0 N–H and O–H groups in total. The number of rotatable bonds is 9. The highest BCUT2D eigenvalue weighted by Crippen LogP contribution is 2.24. The number of hydrogen-bond donors (Lipinski definition) is 0. The number of ether oxygens (including phenoxy) is 2. The number of thiazole rings is 1. The van der Waals surface area contributed by atoms with E-state index < -0.39 is 21.5 Å². The van der Waals surface area contributed by atoms with E-state index in [9.17, 15) is 13.2 Å². The molecule has 0 spiro atoms. The van der Waals surface area contributed by atoms with Crippen molar-refractivity contribution >= 4 is 49.1 Å². The summed E-state index contributed by atoms with van der Waals surface area (Å²) in [7, 11) is -2.31. The van der Waals surface area contributed by atoms with Gasteiger partial charge in [-0.3, -0.25) is 4.79 Å². The van der Waals surface area contributed by atoms with Crippen LogP contribution in [0.4, 0.5) is 0 Å². The van der Waals surface area contributed by atoms with E-state index in [-0.39, 0.29) is 4.90 Å². The second kappa shape index (κ2) is 10.4. The molecule has 2 aromatic carbocycles. The monoisotopic (exact) mass is 480 g/mol. The number of benzene rings is 2. The molecule has 0 aliphatic carbocycles. The molecule has 0 fully saturated rings. The molecule has 3 rings (SSSR count). The Morgan fingerprint density at radius 1 is 1.19 bits per heavy atom. The number of fused-ring (bicyclic) bond motifs is 1. The van der Waals surface area contributed by atoms with Gasteiger partial charge in [-0.25, -0.2) is 8.42 Å². The number of methoxy groups -OCH3 is 1. The third-order valence-corrected chi connectivity index (χ3v) is 7.89. The summed E-state index contributed by atoms with van der Waals surface area (Å²) in [5.74, 6) is -0.868. The highest BCUT2D eigenvalue weighted by Gasteiger charge is 2.20. The molecule has 7 nitrogen and oxygen atoms in total. The summed E-state index contributed by atoms with van der Waals surface area (Å²) < 4.78 is 38.7. The van der Waals surface area contributed by atoms with Crippen molar-refractivity contribution in [1.29, 1.82) is 0 Å². The Bertz CT molecular complexity index is 1230. The van der Waals surface area contributed by atoms with Gasteiger partial charge >= 0.3 is 0 Å². The first-order chi connectivity index (χ1) is 14.9. The maximum Gasteiger partial charge on any atom is 0.263 e. The number of sulfone groups is 1. The number of amides is 1. The van der Waals surface area contributed by atoms with Gasteiger partial charge in [0.25, 0.3) is 5.91 Å². The molecular weight excluding hydrogens is 456 g/mol. The van der Waals surface area contributed by atoms with Crippen LogP contribution in [-0.4, -0.2) is 51.2 Å². The third kappa shape index (κ3) is 5.76. The minimum Gasteiger partial charge on any atom is -0.497 e. The number of nitrogens with zero attached hydrogens (tertiary/aromatic N) is 2. The van der Waals surface area contributed by atoms with Crippen molar-refractivity contribution in [1.82, 2.24) is 4.57 Å². The van der Waals surface area contributed by atoms with Crippen molar-refractivity contribution in [3.05, 3.63) is 47.3 Å². The molecule has 0 aliphatic rings. The van der Waals surface area contributed by atoms with Crippen molar-refractivity contribution < 1.29 is 22.7 Å². The molecule has 31 heavy (non-hydrogen) atoms. The standard InChI is InChI=1S/C21H24N2O5S3/c1-4-28-12-11-23-18-10-7-16(29-3)13-19(18)30-21(23)22-20(24)14-31(25,26)17-8-5-15(27-2)6-9-17/h5-10,13H,4,11-12,14H2,1-3H3. The Kier molecular flexibility index (Phi) is 7.93. The van der Waals surface area contributed by atoms with Gasteiger partial charge < -0.3 is 14.0 Å². The van der Waals surface area contributed by atoms with Gasteiger partial charge in [-0.1, -0.05) is 11.3 Å². The molecule has 1 heterocycles. The molecule has 0 unspecified atom stereocenters. The Hall–Kier alpha value is -2.14. The lowest BCUT2D eigenvalue weighted by atomic mass is 10.3. The van der Waals surface area contributed by atoms with Crippen LogP contribution in [0.1, 0.15) is 6.92 Å². The summed E-state index contributed by atoms with van der Waals surface area (Å²) in [6.45, 7) is 3.49. The fraction of sp³-hybridized carbons (Fsp3) is 0.333. The molecule has 0 saturated heterocycles. The van der Waals surface area contributed by atoms with Gasteiger partial charge in [-0.2, -0.15) is 4.99 Å². The highest BCUT2D eigenvalue weighted by molar-refractivity contribution is 7.98. The van der Waals surface area contributed by atoms with Crippen LogP contribution in [0.25, 0.3) is 10.2 Å². The number of carbonyl (C=O) groups is 1. The van der Waals surface area contributed by atoms with Gasteiger partial charge in [0.2, 0.25) is 0 Å². The predicted molar refractivity (Wildman–Crippen MR) is 124 cm³/mol. The van der Waals surface area contributed by atoms with Crippen LogP contribution in [0.2, 0.25) is 0 Å². The van der Waals surface area contributed by atoms with Gasteiger partial charge in [-0.15, -0.1) is 11.8 Å². The topological polar surface area (TPSA) is 87.0 Å². The van der Waals surface area contributed by atoms with E-state index in [1.54, 1.807) is 23.9 Å². The summed E-state index contributed by atoms with van der Waals surface area (Å²) in [4.78, 5) is 18.4. The lowest BCUT2D eigenvalue weighted by Crippen LogP contribution is -2.22. The lowest BCUT2D eigenvalue weighted by molar-refractivity contribution is -0.115. The van der Waals surface area contributed by atoms with E-state index in [4.69, 9.17) is 9.47 Å². The molecule has 0 saturated carbocycles. The van der Waals surface area contributed by atoms with E-state index >= 15 is 0 Å². The molecular formula is C21H24N2O5S3. The van der Waals surface area contributed by atoms with Crippen LogP contribution >= 0.6 is 23.1 Å². The van der Waals surface area contributed by atoms with E-state index in [1.807, 2.05) is 35.9 Å². The van der Waals surface area contributed by atoms with Crippen LogP contribution < -0.4 is 9.54 Å². The Balaban J connectivity index is 1.93. The first kappa shape index (κ1) is 23.5. The Morgan fingerprint density at radius 3 is 2.58 bits per heavy atom. The molecule has 0 atom stereocenters. The second-order valence-corrected chi connectivity index (χ2v) is 10.4. The molecule has 166 valence electrons. The fourth-order valence-electron chi connectivity index (χ4n) is 2.95. The molecule has 0 aliphatic heterocycles. The number of hydrogen-bond acceptors (Lipinski definition) is 7. The van der Waals surface area contributed by atoms with Crippen LogP contribution in [0.15, 0.2) is 57.2 Å². The normalized spacial score (nSPS) is 12.4. The average molecular weight is 481 g/mol. The zero-order valence-electron chi connectivity index (χ0n) is 17.5. The van der Waals surface area contributed by atoms with Crippen molar-refractivity contribution in [2.24, 2.45) is 4.99 Å². The third-order valence-electron chi connectivity index (χ3n) is 4.51. The van der Waals surface area contributed by atoms with Gasteiger partial charge in [0, 0.05) is 18.0 Å². The SMILES string of the molecule is CCOCCn1c(=NC(=O)CS(=O)(=O)c2ccc(OC)cc2)sc2cc(SC)ccc21. The van der Waals surface area contributed by atoms with Crippen molar-refractivity contribution in [2.75, 3.05) is 32.3 Å². The number of aromatic nitrogens is 1. The molecule has 1 aromatic heterocycles. The molecule has 3 aromatic rings. The largest absolute Gasteiger partial charge is 0.497 e. The van der Waals surface area contributed by atoms with Crippen LogP contribution in [0.5, 0.6) is 5.75 Å². The van der Waals surface area contributed by atoms with Crippen molar-refractivity contribution in [2.45, 2.75) is 23.3 Å². The van der Waals surface area contributed by atoms with Crippen molar-refractivity contribution in [3.63, 3.8) is 0 Å².